The van der Waals surface area contributed by atoms with Gasteiger partial charge in [-0.2, -0.15) is 0 Å². The first kappa shape index (κ1) is 18.6. The van der Waals surface area contributed by atoms with E-state index in [1.165, 1.54) is 0 Å². The maximum absolute atomic E-state index is 5.55. The van der Waals surface area contributed by atoms with Gasteiger partial charge in [0.05, 0.1) is 26.0 Å². The molecule has 1 aromatic carbocycles. The Labute approximate surface area is 148 Å². The number of oxazole rings is 1. The second-order valence-electron chi connectivity index (χ2n) is 5.45. The maximum Gasteiger partial charge on any atom is 0.214 e. The molecule has 0 aliphatic carbocycles. The zero-order valence-electron chi connectivity index (χ0n) is 15.5. The number of rotatable bonds is 7. The molecule has 2 rings (SSSR count). The van der Waals surface area contributed by atoms with Crippen molar-refractivity contribution in [2.45, 2.75) is 33.9 Å². The smallest absolute Gasteiger partial charge is 0.214 e. The predicted molar refractivity (Wildman–Crippen MR) is 97.2 cm³/mol. The van der Waals surface area contributed by atoms with Crippen LogP contribution in [0.2, 0.25) is 0 Å². The topological polar surface area (TPSA) is 80.9 Å². The van der Waals surface area contributed by atoms with Crippen molar-refractivity contribution in [3.8, 4) is 11.5 Å². The lowest BCUT2D eigenvalue weighted by Gasteiger charge is -2.13. The fraction of sp³-hybridized carbons (Fsp3) is 0.444. The van der Waals surface area contributed by atoms with Gasteiger partial charge in [0.1, 0.15) is 5.76 Å². The molecule has 25 heavy (non-hydrogen) atoms. The second-order valence-corrected chi connectivity index (χ2v) is 5.45. The van der Waals surface area contributed by atoms with E-state index >= 15 is 0 Å². The largest absolute Gasteiger partial charge is 0.493 e. The Morgan fingerprint density at radius 3 is 2.56 bits per heavy atom. The van der Waals surface area contributed by atoms with E-state index in [0.29, 0.717) is 31.5 Å². The lowest BCUT2D eigenvalue weighted by atomic mass is 10.2. The van der Waals surface area contributed by atoms with E-state index in [9.17, 15) is 0 Å². The lowest BCUT2D eigenvalue weighted by molar-refractivity contribution is 0.310. The number of nitrogens with one attached hydrogen (secondary N) is 2. The van der Waals surface area contributed by atoms with Crippen LogP contribution in [0.25, 0.3) is 0 Å². The lowest BCUT2D eigenvalue weighted by Crippen LogP contribution is -2.36. The van der Waals surface area contributed by atoms with Gasteiger partial charge in [-0.25, -0.2) is 4.98 Å². The van der Waals surface area contributed by atoms with Crippen LogP contribution in [-0.4, -0.2) is 31.7 Å². The summed E-state index contributed by atoms with van der Waals surface area (Å²) in [7, 11) is 3.36. The van der Waals surface area contributed by atoms with Gasteiger partial charge in [-0.3, -0.25) is 4.99 Å². The minimum Gasteiger partial charge on any atom is -0.493 e. The number of hydrogen-bond donors (Lipinski definition) is 2. The summed E-state index contributed by atoms with van der Waals surface area (Å²) >= 11 is 0. The summed E-state index contributed by atoms with van der Waals surface area (Å²) in [6.45, 7) is 7.45. The van der Waals surface area contributed by atoms with Crippen molar-refractivity contribution >= 4 is 5.96 Å². The minimum atomic E-state index is 0.473. The summed E-state index contributed by atoms with van der Waals surface area (Å²) in [5.41, 5.74) is 1.97. The molecular weight excluding hydrogens is 320 g/mol. The summed E-state index contributed by atoms with van der Waals surface area (Å²) in [5, 5.41) is 6.44. The molecule has 0 atom stereocenters. The third kappa shape index (κ3) is 5.14. The normalized spacial score (nSPS) is 11.3. The summed E-state index contributed by atoms with van der Waals surface area (Å²) in [5.74, 6) is 3.60. The standard InChI is InChI=1S/C18H26N4O3/c1-6-24-15-8-7-14(9-16(15)23-5)10-20-18(19-4)21-11-17-22-12(2)13(3)25-17/h7-9H,6,10-11H2,1-5H3,(H2,19,20,21). The zero-order chi connectivity index (χ0) is 18.2. The van der Waals surface area contributed by atoms with Gasteiger partial charge in [0, 0.05) is 13.6 Å². The Hall–Kier alpha value is -2.70. The molecule has 0 bridgehead atoms. The van der Waals surface area contributed by atoms with E-state index in [-0.39, 0.29) is 0 Å². The second kappa shape index (κ2) is 8.96. The van der Waals surface area contributed by atoms with Crippen molar-refractivity contribution < 1.29 is 13.9 Å². The fourth-order valence-corrected chi connectivity index (χ4v) is 2.28. The molecular formula is C18H26N4O3. The molecule has 0 unspecified atom stereocenters. The number of nitrogens with zero attached hydrogens (tertiary/aromatic N) is 2. The third-order valence-electron chi connectivity index (χ3n) is 3.69. The molecule has 0 fully saturated rings. The SMILES string of the molecule is CCOc1ccc(CNC(=NC)NCc2nc(C)c(C)o2)cc1OC. The van der Waals surface area contributed by atoms with Gasteiger partial charge >= 0.3 is 0 Å². The summed E-state index contributed by atoms with van der Waals surface area (Å²) in [6, 6.07) is 5.86. The van der Waals surface area contributed by atoms with Crippen molar-refractivity contribution in [3.05, 3.63) is 41.1 Å². The highest BCUT2D eigenvalue weighted by Crippen LogP contribution is 2.27. The Bertz CT molecular complexity index is 706. The van der Waals surface area contributed by atoms with Gasteiger partial charge < -0.3 is 24.5 Å². The Kier molecular flexibility index (Phi) is 6.68. The van der Waals surface area contributed by atoms with Crippen molar-refractivity contribution in [1.82, 2.24) is 15.6 Å². The van der Waals surface area contributed by atoms with Crippen molar-refractivity contribution in [2.75, 3.05) is 20.8 Å². The van der Waals surface area contributed by atoms with Crippen LogP contribution in [0.4, 0.5) is 0 Å². The van der Waals surface area contributed by atoms with Crippen LogP contribution >= 0.6 is 0 Å². The van der Waals surface area contributed by atoms with Gasteiger partial charge in [0.15, 0.2) is 17.5 Å². The molecule has 2 aromatic rings. The number of aliphatic imine (C=N–C) groups is 1. The molecule has 0 saturated carbocycles. The highest BCUT2D eigenvalue weighted by molar-refractivity contribution is 5.79. The molecule has 0 spiro atoms. The number of methoxy groups -OCH3 is 1. The predicted octanol–water partition coefficient (Wildman–Crippen LogP) is 2.56. The third-order valence-corrected chi connectivity index (χ3v) is 3.69. The van der Waals surface area contributed by atoms with E-state index in [4.69, 9.17) is 13.9 Å². The Balaban J connectivity index is 1.91. The number of aryl methyl sites for hydroxylation is 2. The highest BCUT2D eigenvalue weighted by Gasteiger charge is 2.08. The van der Waals surface area contributed by atoms with E-state index in [0.717, 1.165) is 28.5 Å². The van der Waals surface area contributed by atoms with E-state index < -0.39 is 0 Å². The molecule has 1 heterocycles. The first-order chi connectivity index (χ1) is 12.1. The minimum absolute atomic E-state index is 0.473. The number of benzene rings is 1. The number of aromatic nitrogens is 1. The summed E-state index contributed by atoms with van der Waals surface area (Å²) < 4.78 is 16.5. The fourth-order valence-electron chi connectivity index (χ4n) is 2.28. The number of hydrogen-bond acceptors (Lipinski definition) is 5. The van der Waals surface area contributed by atoms with Gasteiger partial charge in [0.25, 0.3) is 0 Å². The van der Waals surface area contributed by atoms with Crippen LogP contribution in [0.5, 0.6) is 11.5 Å². The molecule has 0 aliphatic rings. The molecule has 136 valence electrons. The van der Waals surface area contributed by atoms with Gasteiger partial charge in [0.2, 0.25) is 5.89 Å². The van der Waals surface area contributed by atoms with E-state index in [2.05, 4.69) is 20.6 Å². The number of guanidine groups is 1. The average molecular weight is 346 g/mol. The Morgan fingerprint density at radius 1 is 1.20 bits per heavy atom. The molecule has 7 nitrogen and oxygen atoms in total. The van der Waals surface area contributed by atoms with E-state index in [1.807, 2.05) is 39.0 Å². The van der Waals surface area contributed by atoms with Crippen LogP contribution in [0.3, 0.4) is 0 Å². The molecule has 0 aliphatic heterocycles. The highest BCUT2D eigenvalue weighted by atomic mass is 16.5. The van der Waals surface area contributed by atoms with E-state index in [1.54, 1.807) is 14.2 Å². The first-order valence-electron chi connectivity index (χ1n) is 8.24. The molecule has 0 amide bonds. The van der Waals surface area contributed by atoms with Gasteiger partial charge in [-0.05, 0) is 38.5 Å². The number of ether oxygens (including phenoxy) is 2. The molecule has 2 N–H and O–H groups in total. The zero-order valence-corrected chi connectivity index (χ0v) is 15.5. The van der Waals surface area contributed by atoms with Crippen molar-refractivity contribution in [1.29, 1.82) is 0 Å². The first-order valence-corrected chi connectivity index (χ1v) is 8.24. The molecule has 7 heteroatoms. The molecule has 0 saturated heterocycles. The van der Waals surface area contributed by atoms with Crippen molar-refractivity contribution in [2.24, 2.45) is 4.99 Å². The van der Waals surface area contributed by atoms with Crippen LogP contribution in [0, 0.1) is 13.8 Å². The van der Waals surface area contributed by atoms with Crippen LogP contribution in [0.1, 0.15) is 29.8 Å². The van der Waals surface area contributed by atoms with Gasteiger partial charge in [-0.15, -0.1) is 0 Å². The molecule has 1 aromatic heterocycles. The van der Waals surface area contributed by atoms with Crippen LogP contribution in [0.15, 0.2) is 27.6 Å². The van der Waals surface area contributed by atoms with Crippen molar-refractivity contribution in [3.63, 3.8) is 0 Å². The average Bonchev–Trinajstić information content (AvgIpc) is 2.94. The summed E-state index contributed by atoms with van der Waals surface area (Å²) in [4.78, 5) is 8.55. The maximum atomic E-state index is 5.55. The summed E-state index contributed by atoms with van der Waals surface area (Å²) in [6.07, 6.45) is 0. The monoisotopic (exact) mass is 346 g/mol. The van der Waals surface area contributed by atoms with Gasteiger partial charge in [-0.1, -0.05) is 6.07 Å². The Morgan fingerprint density at radius 2 is 1.96 bits per heavy atom. The van der Waals surface area contributed by atoms with Crippen LogP contribution in [-0.2, 0) is 13.1 Å². The molecule has 0 radical (unpaired) electrons. The quantitative estimate of drug-likeness (QED) is 0.592. The van der Waals surface area contributed by atoms with Crippen LogP contribution < -0.4 is 20.1 Å².